The lowest BCUT2D eigenvalue weighted by Crippen LogP contribution is -2.10. The van der Waals surface area contributed by atoms with E-state index in [1.165, 1.54) is 37.7 Å². The van der Waals surface area contributed by atoms with Crippen LogP contribution in [0.5, 0.6) is 5.75 Å². The topological polar surface area (TPSA) is 52.6 Å². The maximum atomic E-state index is 12.3. The minimum atomic E-state index is -0.449. The molecule has 0 N–H and O–H groups in total. The number of rotatable bonds is 12. The van der Waals surface area contributed by atoms with Crippen LogP contribution < -0.4 is 4.74 Å². The third-order valence-corrected chi connectivity index (χ3v) is 5.09. The Labute approximate surface area is 180 Å². The van der Waals surface area contributed by atoms with Crippen molar-refractivity contribution in [3.05, 3.63) is 65.2 Å². The van der Waals surface area contributed by atoms with Gasteiger partial charge in [-0.1, -0.05) is 71.4 Å². The molecule has 0 aliphatic heterocycles. The molecule has 0 amide bonds. The van der Waals surface area contributed by atoms with Gasteiger partial charge >= 0.3 is 11.9 Å². The second kappa shape index (κ2) is 12.8. The van der Waals surface area contributed by atoms with E-state index in [4.69, 9.17) is 9.47 Å². The van der Waals surface area contributed by atoms with Gasteiger partial charge in [0.15, 0.2) is 0 Å². The lowest BCUT2D eigenvalue weighted by atomic mass is 10.0. The van der Waals surface area contributed by atoms with Gasteiger partial charge in [-0.3, -0.25) is 0 Å². The summed E-state index contributed by atoms with van der Waals surface area (Å²) in [6.45, 7) is 6.87. The molecule has 0 fully saturated rings. The van der Waals surface area contributed by atoms with E-state index in [0.29, 0.717) is 29.4 Å². The minimum absolute atomic E-state index is 0.356. The Morgan fingerprint density at radius 1 is 0.733 bits per heavy atom. The maximum absolute atomic E-state index is 12.3. The molecule has 2 aromatic carbocycles. The van der Waals surface area contributed by atoms with Crippen molar-refractivity contribution >= 4 is 11.9 Å². The number of esters is 2. The quantitative estimate of drug-likeness (QED) is 0.216. The molecule has 0 radical (unpaired) electrons. The fourth-order valence-electron chi connectivity index (χ4n) is 3.14. The molecule has 4 nitrogen and oxygen atoms in total. The zero-order valence-electron chi connectivity index (χ0n) is 18.5. The van der Waals surface area contributed by atoms with Gasteiger partial charge in [0.2, 0.25) is 0 Å². The molecule has 0 aromatic heterocycles. The van der Waals surface area contributed by atoms with Crippen molar-refractivity contribution in [1.82, 2.24) is 0 Å². The SMILES string of the molecule is CCCCCCCCCOC(=O)c1ccc(C(=O)Oc2ccc(C(C)C)cc2)cc1. The predicted octanol–water partition coefficient (Wildman–Crippen LogP) is 6.94. The van der Waals surface area contributed by atoms with Gasteiger partial charge < -0.3 is 9.47 Å². The monoisotopic (exact) mass is 410 g/mol. The summed E-state index contributed by atoms with van der Waals surface area (Å²) in [6.07, 6.45) is 8.24. The molecule has 0 unspecified atom stereocenters. The van der Waals surface area contributed by atoms with Crippen molar-refractivity contribution < 1.29 is 19.1 Å². The van der Waals surface area contributed by atoms with E-state index in [2.05, 4.69) is 20.8 Å². The summed E-state index contributed by atoms with van der Waals surface area (Å²) in [4.78, 5) is 24.5. The zero-order chi connectivity index (χ0) is 21.8. The first-order chi connectivity index (χ1) is 14.5. The van der Waals surface area contributed by atoms with Gasteiger partial charge in [0.05, 0.1) is 17.7 Å². The Kier molecular flexibility index (Phi) is 10.1. The highest BCUT2D eigenvalue weighted by atomic mass is 16.5. The van der Waals surface area contributed by atoms with Crippen LogP contribution in [0.15, 0.2) is 48.5 Å². The molecule has 0 aliphatic carbocycles. The number of carbonyl (C=O) groups excluding carboxylic acids is 2. The molecule has 4 heteroatoms. The van der Waals surface area contributed by atoms with Crippen LogP contribution in [0.4, 0.5) is 0 Å². The molecule has 2 aromatic rings. The number of unbranched alkanes of at least 4 members (excludes halogenated alkanes) is 6. The molecule has 0 saturated heterocycles. The van der Waals surface area contributed by atoms with Gasteiger partial charge in [-0.25, -0.2) is 9.59 Å². The molecular weight excluding hydrogens is 376 g/mol. The van der Waals surface area contributed by atoms with E-state index in [9.17, 15) is 9.59 Å². The molecule has 2 rings (SSSR count). The first-order valence-electron chi connectivity index (χ1n) is 11.1. The number of hydrogen-bond donors (Lipinski definition) is 0. The van der Waals surface area contributed by atoms with Crippen LogP contribution in [0.25, 0.3) is 0 Å². The third-order valence-electron chi connectivity index (χ3n) is 5.09. The van der Waals surface area contributed by atoms with Crippen LogP contribution in [0.2, 0.25) is 0 Å². The predicted molar refractivity (Wildman–Crippen MR) is 120 cm³/mol. The molecule has 0 spiro atoms. The molecule has 0 saturated carbocycles. The normalized spacial score (nSPS) is 10.8. The summed E-state index contributed by atoms with van der Waals surface area (Å²) in [5, 5.41) is 0. The molecule has 30 heavy (non-hydrogen) atoms. The number of hydrogen-bond acceptors (Lipinski definition) is 4. The second-order valence-corrected chi connectivity index (χ2v) is 7.95. The van der Waals surface area contributed by atoms with Gasteiger partial charge in [-0.2, -0.15) is 0 Å². The number of carbonyl (C=O) groups is 2. The first-order valence-corrected chi connectivity index (χ1v) is 11.1. The second-order valence-electron chi connectivity index (χ2n) is 7.95. The highest BCUT2D eigenvalue weighted by Gasteiger charge is 2.12. The lowest BCUT2D eigenvalue weighted by Gasteiger charge is -2.08. The summed E-state index contributed by atoms with van der Waals surface area (Å²) >= 11 is 0. The van der Waals surface area contributed by atoms with E-state index >= 15 is 0 Å². The van der Waals surface area contributed by atoms with E-state index in [1.807, 2.05) is 12.1 Å². The lowest BCUT2D eigenvalue weighted by molar-refractivity contribution is 0.0497. The molecule has 0 bridgehead atoms. The Morgan fingerprint density at radius 2 is 1.27 bits per heavy atom. The van der Waals surface area contributed by atoms with Crippen molar-refractivity contribution in [2.45, 2.75) is 71.6 Å². The Balaban J connectivity index is 1.75. The Morgan fingerprint density at radius 3 is 1.83 bits per heavy atom. The number of benzene rings is 2. The van der Waals surface area contributed by atoms with Crippen LogP contribution >= 0.6 is 0 Å². The van der Waals surface area contributed by atoms with Gasteiger partial charge in [0.25, 0.3) is 0 Å². The molecule has 0 aliphatic rings. The summed E-state index contributed by atoms with van der Waals surface area (Å²) < 4.78 is 10.7. The van der Waals surface area contributed by atoms with Crippen molar-refractivity contribution in [2.24, 2.45) is 0 Å². The number of ether oxygens (including phenoxy) is 2. The standard InChI is InChI=1S/C26H34O4/c1-4-5-6-7-8-9-10-19-29-25(27)22-11-13-23(14-12-22)26(28)30-24-17-15-21(16-18-24)20(2)3/h11-18,20H,4-10,19H2,1-3H3. The minimum Gasteiger partial charge on any atom is -0.462 e. The Hall–Kier alpha value is -2.62. The smallest absolute Gasteiger partial charge is 0.343 e. The van der Waals surface area contributed by atoms with Gasteiger partial charge in [-0.15, -0.1) is 0 Å². The van der Waals surface area contributed by atoms with Crippen molar-refractivity contribution in [3.63, 3.8) is 0 Å². The van der Waals surface area contributed by atoms with E-state index in [0.717, 1.165) is 12.8 Å². The molecular formula is C26H34O4. The van der Waals surface area contributed by atoms with Crippen LogP contribution in [0, 0.1) is 0 Å². The van der Waals surface area contributed by atoms with Gasteiger partial charge in [0.1, 0.15) is 5.75 Å². The van der Waals surface area contributed by atoms with Crippen molar-refractivity contribution in [1.29, 1.82) is 0 Å². The fourth-order valence-corrected chi connectivity index (χ4v) is 3.14. The van der Waals surface area contributed by atoms with Crippen LogP contribution in [-0.2, 0) is 4.74 Å². The Bertz CT molecular complexity index is 776. The van der Waals surface area contributed by atoms with Crippen LogP contribution in [-0.4, -0.2) is 18.5 Å². The fraction of sp³-hybridized carbons (Fsp3) is 0.462. The van der Waals surface area contributed by atoms with E-state index < -0.39 is 5.97 Å². The van der Waals surface area contributed by atoms with Crippen LogP contribution in [0.1, 0.15) is 97.9 Å². The molecule has 162 valence electrons. The van der Waals surface area contributed by atoms with E-state index in [-0.39, 0.29) is 5.97 Å². The highest BCUT2D eigenvalue weighted by molar-refractivity contribution is 5.94. The van der Waals surface area contributed by atoms with Crippen LogP contribution in [0.3, 0.4) is 0 Å². The molecule has 0 heterocycles. The average molecular weight is 411 g/mol. The average Bonchev–Trinajstić information content (AvgIpc) is 2.76. The largest absolute Gasteiger partial charge is 0.462 e. The zero-order valence-corrected chi connectivity index (χ0v) is 18.5. The summed E-state index contributed by atoms with van der Waals surface area (Å²) in [5.74, 6) is 0.121. The summed E-state index contributed by atoms with van der Waals surface area (Å²) in [5.41, 5.74) is 2.02. The van der Waals surface area contributed by atoms with Gasteiger partial charge in [0, 0.05) is 0 Å². The summed E-state index contributed by atoms with van der Waals surface area (Å²) in [7, 11) is 0. The first kappa shape index (κ1) is 23.7. The third kappa shape index (κ3) is 8.02. The summed E-state index contributed by atoms with van der Waals surface area (Å²) in [6, 6.07) is 13.9. The van der Waals surface area contributed by atoms with Gasteiger partial charge in [-0.05, 0) is 54.3 Å². The van der Waals surface area contributed by atoms with E-state index in [1.54, 1.807) is 36.4 Å². The maximum Gasteiger partial charge on any atom is 0.343 e. The molecule has 0 atom stereocenters. The highest BCUT2D eigenvalue weighted by Crippen LogP contribution is 2.19. The van der Waals surface area contributed by atoms with Crippen molar-refractivity contribution in [2.75, 3.05) is 6.61 Å². The van der Waals surface area contributed by atoms with Crippen molar-refractivity contribution in [3.8, 4) is 5.75 Å².